The number of hydrogen-bond acceptors (Lipinski definition) is 2. The average molecular weight is 269 g/mol. The van der Waals surface area contributed by atoms with Gasteiger partial charge in [-0.15, -0.1) is 0 Å². The maximum absolute atomic E-state index is 12.6. The van der Waals surface area contributed by atoms with Gasteiger partial charge in [-0.25, -0.2) is 4.98 Å². The van der Waals surface area contributed by atoms with Crippen molar-refractivity contribution in [1.82, 2.24) is 14.9 Å². The van der Waals surface area contributed by atoms with Crippen LogP contribution in [0.5, 0.6) is 0 Å². The summed E-state index contributed by atoms with van der Waals surface area (Å²) >= 11 is 0. The summed E-state index contributed by atoms with van der Waals surface area (Å²) in [6.07, 6.45) is 5.74. The van der Waals surface area contributed by atoms with E-state index in [0.29, 0.717) is 5.92 Å². The number of rotatable bonds is 2. The van der Waals surface area contributed by atoms with Crippen LogP contribution in [0, 0.1) is 6.92 Å². The molecule has 1 unspecified atom stereocenters. The molecule has 104 valence electrons. The molecule has 1 saturated heterocycles. The molecule has 3 rings (SSSR count). The van der Waals surface area contributed by atoms with E-state index >= 15 is 0 Å². The fourth-order valence-electron chi connectivity index (χ4n) is 2.87. The van der Waals surface area contributed by atoms with Crippen LogP contribution in [0.25, 0.3) is 0 Å². The normalized spacial score (nSPS) is 19.1. The van der Waals surface area contributed by atoms with Gasteiger partial charge in [0.05, 0.1) is 0 Å². The third-order valence-electron chi connectivity index (χ3n) is 3.99. The summed E-state index contributed by atoms with van der Waals surface area (Å²) in [5.74, 6) is 1.46. The number of likely N-dealkylation sites (tertiary alicyclic amines) is 1. The van der Waals surface area contributed by atoms with Crippen LogP contribution in [-0.2, 0) is 0 Å². The maximum Gasteiger partial charge on any atom is 0.254 e. The fraction of sp³-hybridized carbons (Fsp3) is 0.375. The lowest BCUT2D eigenvalue weighted by molar-refractivity contribution is 0.0704. The Labute approximate surface area is 118 Å². The summed E-state index contributed by atoms with van der Waals surface area (Å²) in [6, 6.07) is 7.79. The van der Waals surface area contributed by atoms with Crippen LogP contribution in [0.2, 0.25) is 0 Å². The van der Waals surface area contributed by atoms with E-state index in [4.69, 9.17) is 0 Å². The van der Waals surface area contributed by atoms with E-state index in [2.05, 4.69) is 9.97 Å². The third-order valence-corrected chi connectivity index (χ3v) is 3.99. The lowest BCUT2D eigenvalue weighted by atomic mass is 9.96. The molecule has 0 radical (unpaired) electrons. The molecule has 4 heteroatoms. The van der Waals surface area contributed by atoms with Gasteiger partial charge >= 0.3 is 0 Å². The average Bonchev–Trinajstić information content (AvgIpc) is 3.01. The highest BCUT2D eigenvalue weighted by molar-refractivity contribution is 5.95. The highest BCUT2D eigenvalue weighted by atomic mass is 16.2. The molecule has 1 aliphatic heterocycles. The highest BCUT2D eigenvalue weighted by Crippen LogP contribution is 2.25. The van der Waals surface area contributed by atoms with Gasteiger partial charge in [-0.2, -0.15) is 0 Å². The number of H-pyrrole nitrogens is 1. The number of imidazole rings is 1. The fourth-order valence-corrected chi connectivity index (χ4v) is 2.87. The monoisotopic (exact) mass is 269 g/mol. The predicted molar refractivity (Wildman–Crippen MR) is 77.6 cm³/mol. The van der Waals surface area contributed by atoms with E-state index in [1.54, 1.807) is 6.20 Å². The first-order valence-corrected chi connectivity index (χ1v) is 7.10. The summed E-state index contributed by atoms with van der Waals surface area (Å²) in [5, 5.41) is 0. The van der Waals surface area contributed by atoms with Gasteiger partial charge in [0.2, 0.25) is 0 Å². The standard InChI is InChI=1S/C16H19N3O/c1-12-5-2-3-7-14(12)16(20)19-10-4-6-13(11-19)15-17-8-9-18-15/h2-3,5,7-9,13H,4,6,10-11H2,1H3,(H,17,18). The number of piperidine rings is 1. The topological polar surface area (TPSA) is 49.0 Å². The molecule has 0 aliphatic carbocycles. The van der Waals surface area contributed by atoms with Crippen molar-refractivity contribution >= 4 is 5.91 Å². The van der Waals surface area contributed by atoms with E-state index in [-0.39, 0.29) is 5.91 Å². The van der Waals surface area contributed by atoms with E-state index in [1.807, 2.05) is 42.3 Å². The molecule has 1 atom stereocenters. The number of carbonyl (C=O) groups is 1. The van der Waals surface area contributed by atoms with Crippen molar-refractivity contribution in [2.24, 2.45) is 0 Å². The summed E-state index contributed by atoms with van der Waals surface area (Å²) in [7, 11) is 0. The van der Waals surface area contributed by atoms with Crippen molar-refractivity contribution in [1.29, 1.82) is 0 Å². The molecule has 0 spiro atoms. The molecule has 1 aliphatic rings. The Kier molecular flexibility index (Phi) is 3.54. The van der Waals surface area contributed by atoms with E-state index in [9.17, 15) is 4.79 Å². The van der Waals surface area contributed by atoms with Crippen molar-refractivity contribution in [3.8, 4) is 0 Å². The van der Waals surface area contributed by atoms with E-state index in [1.165, 1.54) is 0 Å². The highest BCUT2D eigenvalue weighted by Gasteiger charge is 2.27. The number of aromatic amines is 1. The first-order chi connectivity index (χ1) is 9.75. The Bertz CT molecular complexity index is 592. The van der Waals surface area contributed by atoms with Crippen LogP contribution in [0.15, 0.2) is 36.7 Å². The zero-order valence-electron chi connectivity index (χ0n) is 11.7. The summed E-state index contributed by atoms with van der Waals surface area (Å²) in [6.45, 7) is 3.58. The number of hydrogen-bond donors (Lipinski definition) is 1. The molecule has 0 bridgehead atoms. The second kappa shape index (κ2) is 5.49. The second-order valence-corrected chi connectivity index (χ2v) is 5.38. The summed E-state index contributed by atoms with van der Waals surface area (Å²) in [5.41, 5.74) is 1.85. The second-order valence-electron chi connectivity index (χ2n) is 5.38. The van der Waals surface area contributed by atoms with Crippen molar-refractivity contribution in [2.45, 2.75) is 25.7 Å². The Balaban J connectivity index is 1.77. The van der Waals surface area contributed by atoms with Crippen LogP contribution >= 0.6 is 0 Å². The van der Waals surface area contributed by atoms with Gasteiger partial charge < -0.3 is 9.88 Å². The van der Waals surface area contributed by atoms with Crippen LogP contribution in [0.3, 0.4) is 0 Å². The summed E-state index contributed by atoms with van der Waals surface area (Å²) < 4.78 is 0. The van der Waals surface area contributed by atoms with Gasteiger partial charge in [-0.05, 0) is 31.4 Å². The lowest BCUT2D eigenvalue weighted by Crippen LogP contribution is -2.39. The summed E-state index contributed by atoms with van der Waals surface area (Å²) in [4.78, 5) is 22.1. The van der Waals surface area contributed by atoms with E-state index < -0.39 is 0 Å². The first kappa shape index (κ1) is 12.9. The van der Waals surface area contributed by atoms with Gasteiger partial charge in [-0.1, -0.05) is 18.2 Å². The molecule has 1 aromatic carbocycles. The first-order valence-electron chi connectivity index (χ1n) is 7.10. The Morgan fingerprint density at radius 1 is 1.40 bits per heavy atom. The van der Waals surface area contributed by atoms with Crippen LogP contribution in [-0.4, -0.2) is 33.9 Å². The van der Waals surface area contributed by atoms with Crippen molar-refractivity contribution < 1.29 is 4.79 Å². The molecule has 2 heterocycles. The maximum atomic E-state index is 12.6. The van der Waals surface area contributed by atoms with Crippen molar-refractivity contribution in [2.75, 3.05) is 13.1 Å². The minimum absolute atomic E-state index is 0.138. The van der Waals surface area contributed by atoms with Gasteiger partial charge in [0, 0.05) is 37.0 Å². The Morgan fingerprint density at radius 2 is 2.25 bits per heavy atom. The van der Waals surface area contributed by atoms with Gasteiger partial charge in [-0.3, -0.25) is 4.79 Å². The molecule has 2 aromatic rings. The molecule has 1 fully saturated rings. The number of aromatic nitrogens is 2. The molecule has 4 nitrogen and oxygen atoms in total. The number of nitrogens with zero attached hydrogens (tertiary/aromatic N) is 2. The predicted octanol–water partition coefficient (Wildman–Crippen LogP) is 2.74. The Hall–Kier alpha value is -2.10. The van der Waals surface area contributed by atoms with Crippen LogP contribution in [0.4, 0.5) is 0 Å². The number of carbonyl (C=O) groups excluding carboxylic acids is 1. The molecule has 0 saturated carbocycles. The quantitative estimate of drug-likeness (QED) is 0.911. The lowest BCUT2D eigenvalue weighted by Gasteiger charge is -2.32. The zero-order chi connectivity index (χ0) is 13.9. The van der Waals surface area contributed by atoms with Crippen LogP contribution in [0.1, 0.15) is 40.5 Å². The number of amides is 1. The minimum atomic E-state index is 0.138. The molecular formula is C16H19N3O. The number of benzene rings is 1. The third kappa shape index (κ3) is 2.46. The minimum Gasteiger partial charge on any atom is -0.348 e. The molecule has 1 aromatic heterocycles. The van der Waals surface area contributed by atoms with E-state index in [0.717, 1.165) is 42.9 Å². The van der Waals surface area contributed by atoms with Crippen molar-refractivity contribution in [3.63, 3.8) is 0 Å². The number of nitrogens with one attached hydrogen (secondary N) is 1. The Morgan fingerprint density at radius 3 is 3.00 bits per heavy atom. The molecule has 20 heavy (non-hydrogen) atoms. The molecular weight excluding hydrogens is 250 g/mol. The SMILES string of the molecule is Cc1ccccc1C(=O)N1CCCC(c2ncc[nH]2)C1. The largest absolute Gasteiger partial charge is 0.348 e. The molecule has 1 N–H and O–H groups in total. The van der Waals surface area contributed by atoms with Gasteiger partial charge in [0.15, 0.2) is 0 Å². The number of aryl methyl sites for hydroxylation is 1. The molecule has 1 amide bonds. The zero-order valence-corrected chi connectivity index (χ0v) is 11.7. The van der Waals surface area contributed by atoms with Gasteiger partial charge in [0.1, 0.15) is 5.82 Å². The van der Waals surface area contributed by atoms with Gasteiger partial charge in [0.25, 0.3) is 5.91 Å². The van der Waals surface area contributed by atoms with Crippen molar-refractivity contribution in [3.05, 3.63) is 53.6 Å². The smallest absolute Gasteiger partial charge is 0.254 e. The van der Waals surface area contributed by atoms with Crippen LogP contribution < -0.4 is 0 Å².